The summed E-state index contributed by atoms with van der Waals surface area (Å²) in [5.41, 5.74) is 0.506. The fraction of sp³-hybridized carbons (Fsp3) is 1.00. The molecule has 1 fully saturated rings. The topological polar surface area (TPSA) is 24.5 Å². The first-order valence-corrected chi connectivity index (χ1v) is 8.31. The van der Waals surface area contributed by atoms with Crippen LogP contribution in [0.15, 0.2) is 0 Å². The summed E-state index contributed by atoms with van der Waals surface area (Å²) in [7, 11) is 0. The maximum Gasteiger partial charge on any atom is 0.0702 e. The zero-order valence-corrected chi connectivity index (χ0v) is 14.6. The second-order valence-electron chi connectivity index (χ2n) is 8.14. The maximum atomic E-state index is 5.93. The third kappa shape index (κ3) is 7.61. The van der Waals surface area contributed by atoms with Crippen molar-refractivity contribution in [3.8, 4) is 0 Å². The van der Waals surface area contributed by atoms with E-state index in [1.54, 1.807) is 0 Å². The van der Waals surface area contributed by atoms with Crippen LogP contribution in [-0.4, -0.2) is 49.3 Å². The predicted molar refractivity (Wildman–Crippen MR) is 87.2 cm³/mol. The molecule has 120 valence electrons. The van der Waals surface area contributed by atoms with Crippen molar-refractivity contribution in [3.63, 3.8) is 0 Å². The Bertz CT molecular complexity index is 271. The Kier molecular flexibility index (Phi) is 6.96. The van der Waals surface area contributed by atoms with Gasteiger partial charge < -0.3 is 15.0 Å². The van der Waals surface area contributed by atoms with E-state index in [1.807, 2.05) is 0 Å². The highest BCUT2D eigenvalue weighted by molar-refractivity contribution is 4.83. The number of piperidine rings is 1. The van der Waals surface area contributed by atoms with Crippen molar-refractivity contribution in [2.75, 3.05) is 32.8 Å². The van der Waals surface area contributed by atoms with Crippen LogP contribution in [0.1, 0.15) is 60.8 Å². The highest BCUT2D eigenvalue weighted by Crippen LogP contribution is 2.21. The van der Waals surface area contributed by atoms with Crippen molar-refractivity contribution in [1.29, 1.82) is 0 Å². The molecule has 3 heteroatoms. The van der Waals surface area contributed by atoms with Crippen LogP contribution in [0.4, 0.5) is 0 Å². The van der Waals surface area contributed by atoms with E-state index in [-0.39, 0.29) is 5.54 Å². The number of nitrogens with one attached hydrogen (secondary N) is 1. The summed E-state index contributed by atoms with van der Waals surface area (Å²) in [5.74, 6) is 0. The van der Waals surface area contributed by atoms with Crippen LogP contribution in [0.2, 0.25) is 0 Å². The van der Waals surface area contributed by atoms with Crippen molar-refractivity contribution in [3.05, 3.63) is 0 Å². The predicted octanol–water partition coefficient (Wildman–Crippen LogP) is 3.29. The first-order valence-electron chi connectivity index (χ1n) is 8.31. The Balaban J connectivity index is 2.37. The molecule has 1 N–H and O–H groups in total. The molecule has 0 spiro atoms. The molecule has 0 aliphatic carbocycles. The lowest BCUT2D eigenvalue weighted by Gasteiger charge is -2.39. The summed E-state index contributed by atoms with van der Waals surface area (Å²) in [6.07, 6.45) is 4.08. The molecule has 0 radical (unpaired) electrons. The number of hydrogen-bond acceptors (Lipinski definition) is 3. The van der Waals surface area contributed by atoms with Gasteiger partial charge in [0.2, 0.25) is 0 Å². The molecule has 1 atom stereocenters. The van der Waals surface area contributed by atoms with Crippen LogP contribution >= 0.6 is 0 Å². The largest absolute Gasteiger partial charge is 0.377 e. The van der Waals surface area contributed by atoms with Gasteiger partial charge in [-0.15, -0.1) is 0 Å². The number of rotatable bonds is 7. The molecule has 0 bridgehead atoms. The molecular formula is C17H36N2O. The number of hydrogen-bond donors (Lipinski definition) is 1. The minimum absolute atomic E-state index is 0.200. The monoisotopic (exact) mass is 284 g/mol. The maximum absolute atomic E-state index is 5.93. The molecule has 1 rings (SSSR count). The molecule has 1 unspecified atom stereocenters. The number of ether oxygens (including phenoxy) is 1. The zero-order valence-electron chi connectivity index (χ0n) is 14.6. The average molecular weight is 284 g/mol. The standard InChI is InChI=1S/C17H36N2O/c1-7-11-20-15-9-8-10-19(12-15)14-17(5,6)13-18-16(2,3)4/h15,18H,7-14H2,1-6H3. The normalized spacial score (nSPS) is 22.2. The van der Waals surface area contributed by atoms with Gasteiger partial charge in [-0.25, -0.2) is 0 Å². The van der Waals surface area contributed by atoms with Crippen molar-refractivity contribution in [2.45, 2.75) is 72.4 Å². The highest BCUT2D eigenvalue weighted by Gasteiger charge is 2.27. The molecule has 1 aliphatic heterocycles. The molecule has 1 aliphatic rings. The van der Waals surface area contributed by atoms with E-state index in [4.69, 9.17) is 4.74 Å². The van der Waals surface area contributed by atoms with E-state index in [0.29, 0.717) is 11.5 Å². The lowest BCUT2D eigenvalue weighted by Crippen LogP contribution is -2.49. The summed E-state index contributed by atoms with van der Waals surface area (Å²) >= 11 is 0. The summed E-state index contributed by atoms with van der Waals surface area (Å²) < 4.78 is 5.93. The smallest absolute Gasteiger partial charge is 0.0702 e. The molecular weight excluding hydrogens is 248 g/mol. The van der Waals surface area contributed by atoms with Gasteiger partial charge in [-0.2, -0.15) is 0 Å². The van der Waals surface area contributed by atoms with E-state index < -0.39 is 0 Å². The number of likely N-dealkylation sites (tertiary alicyclic amines) is 1. The van der Waals surface area contributed by atoms with Gasteiger partial charge in [-0.1, -0.05) is 20.8 Å². The minimum atomic E-state index is 0.200. The van der Waals surface area contributed by atoms with Crippen molar-refractivity contribution >= 4 is 0 Å². The Morgan fingerprint density at radius 1 is 1.20 bits per heavy atom. The van der Waals surface area contributed by atoms with Crippen LogP contribution < -0.4 is 5.32 Å². The SMILES string of the molecule is CCCOC1CCCN(CC(C)(C)CNC(C)(C)C)C1. The first-order chi connectivity index (χ1) is 9.22. The third-order valence-corrected chi connectivity index (χ3v) is 3.77. The molecule has 0 aromatic carbocycles. The second kappa shape index (κ2) is 7.77. The minimum Gasteiger partial charge on any atom is -0.377 e. The van der Waals surface area contributed by atoms with Crippen LogP contribution in [0.5, 0.6) is 0 Å². The first kappa shape index (κ1) is 17.9. The molecule has 20 heavy (non-hydrogen) atoms. The molecule has 0 amide bonds. The van der Waals surface area contributed by atoms with E-state index in [9.17, 15) is 0 Å². The van der Waals surface area contributed by atoms with E-state index >= 15 is 0 Å². The lowest BCUT2D eigenvalue weighted by molar-refractivity contribution is -0.00924. The van der Waals surface area contributed by atoms with E-state index in [2.05, 4.69) is 51.8 Å². The highest BCUT2D eigenvalue weighted by atomic mass is 16.5. The van der Waals surface area contributed by atoms with Crippen LogP contribution in [-0.2, 0) is 4.74 Å². The summed E-state index contributed by atoms with van der Waals surface area (Å²) in [6, 6.07) is 0. The van der Waals surface area contributed by atoms with Crippen LogP contribution in [0.25, 0.3) is 0 Å². The average Bonchev–Trinajstić information content (AvgIpc) is 2.33. The van der Waals surface area contributed by atoms with Crippen molar-refractivity contribution < 1.29 is 4.74 Å². The van der Waals surface area contributed by atoms with Gasteiger partial charge in [0.15, 0.2) is 0 Å². The van der Waals surface area contributed by atoms with Gasteiger partial charge in [-0.05, 0) is 52.0 Å². The Hall–Kier alpha value is -0.120. The second-order valence-corrected chi connectivity index (χ2v) is 8.14. The van der Waals surface area contributed by atoms with Gasteiger partial charge in [0.25, 0.3) is 0 Å². The summed E-state index contributed by atoms with van der Waals surface area (Å²) in [6.45, 7) is 19.1. The number of nitrogens with zero attached hydrogens (tertiary/aromatic N) is 1. The van der Waals surface area contributed by atoms with Gasteiger partial charge in [0.05, 0.1) is 6.10 Å². The van der Waals surface area contributed by atoms with Gasteiger partial charge in [0, 0.05) is 31.8 Å². The Labute approximate surface area is 126 Å². The van der Waals surface area contributed by atoms with Crippen molar-refractivity contribution in [2.24, 2.45) is 5.41 Å². The van der Waals surface area contributed by atoms with Gasteiger partial charge >= 0.3 is 0 Å². The summed E-state index contributed by atoms with van der Waals surface area (Å²) in [4.78, 5) is 2.59. The quantitative estimate of drug-likeness (QED) is 0.776. The molecule has 0 aromatic rings. The molecule has 3 nitrogen and oxygen atoms in total. The van der Waals surface area contributed by atoms with Gasteiger partial charge in [0.1, 0.15) is 0 Å². The van der Waals surface area contributed by atoms with Crippen molar-refractivity contribution in [1.82, 2.24) is 10.2 Å². The Morgan fingerprint density at radius 3 is 2.50 bits per heavy atom. The summed E-state index contributed by atoms with van der Waals surface area (Å²) in [5, 5.41) is 3.64. The molecule has 1 heterocycles. The Morgan fingerprint density at radius 2 is 1.90 bits per heavy atom. The van der Waals surface area contributed by atoms with Gasteiger partial charge in [-0.3, -0.25) is 0 Å². The fourth-order valence-corrected chi connectivity index (χ4v) is 2.74. The molecule has 0 saturated carbocycles. The van der Waals surface area contributed by atoms with E-state index in [1.165, 1.54) is 19.4 Å². The zero-order chi connectivity index (χ0) is 15.2. The van der Waals surface area contributed by atoms with Crippen LogP contribution in [0.3, 0.4) is 0 Å². The fourth-order valence-electron chi connectivity index (χ4n) is 2.74. The molecule has 0 aromatic heterocycles. The lowest BCUT2D eigenvalue weighted by atomic mass is 9.90. The molecule has 1 saturated heterocycles. The van der Waals surface area contributed by atoms with Crippen LogP contribution in [0, 0.1) is 5.41 Å². The van der Waals surface area contributed by atoms with E-state index in [0.717, 1.165) is 32.7 Å². The third-order valence-electron chi connectivity index (χ3n) is 3.77.